The molecule has 28 heavy (non-hydrogen) atoms. The van der Waals surface area contributed by atoms with Crippen LogP contribution in [0.3, 0.4) is 0 Å². The Kier molecular flexibility index (Phi) is 4.74. The number of aromatic nitrogens is 2. The minimum absolute atomic E-state index is 0.229. The molecule has 2 aromatic carbocycles. The Balaban J connectivity index is 1.15. The smallest absolute Gasteiger partial charge is 0.158 e. The molecule has 3 heterocycles. The largest absolute Gasteiger partial charge is 0.352 e. The van der Waals surface area contributed by atoms with Gasteiger partial charge in [-0.3, -0.25) is 14.9 Å². The predicted octanol–water partition coefficient (Wildman–Crippen LogP) is 2.88. The van der Waals surface area contributed by atoms with E-state index in [0.29, 0.717) is 0 Å². The van der Waals surface area contributed by atoms with Crippen molar-refractivity contribution in [2.45, 2.75) is 13.0 Å². The first-order valence-corrected chi connectivity index (χ1v) is 10.2. The van der Waals surface area contributed by atoms with Gasteiger partial charge in [0.25, 0.3) is 0 Å². The number of rotatable bonds is 4. The number of hydrogen-bond donors (Lipinski definition) is 1. The SMILES string of the molecule is Fc1ccc2c(N3CCN(CCN4CCc5ccccc5C4)CC3)n[nH]c2c1. The van der Waals surface area contributed by atoms with Crippen LogP contribution in [0.2, 0.25) is 0 Å². The molecule has 3 aromatic rings. The maximum Gasteiger partial charge on any atom is 0.158 e. The fourth-order valence-corrected chi connectivity index (χ4v) is 4.43. The van der Waals surface area contributed by atoms with E-state index in [4.69, 9.17) is 0 Å². The van der Waals surface area contributed by atoms with Crippen molar-refractivity contribution >= 4 is 16.7 Å². The van der Waals surface area contributed by atoms with Crippen molar-refractivity contribution in [3.63, 3.8) is 0 Å². The first-order chi connectivity index (χ1) is 13.8. The van der Waals surface area contributed by atoms with Crippen molar-refractivity contribution in [3.8, 4) is 0 Å². The summed E-state index contributed by atoms with van der Waals surface area (Å²) in [5.74, 6) is 0.718. The Morgan fingerprint density at radius 1 is 0.893 bits per heavy atom. The summed E-state index contributed by atoms with van der Waals surface area (Å²) in [6, 6.07) is 13.7. The molecule has 0 bridgehead atoms. The van der Waals surface area contributed by atoms with Gasteiger partial charge in [-0.05, 0) is 35.7 Å². The van der Waals surface area contributed by atoms with Crippen LogP contribution in [0.15, 0.2) is 42.5 Å². The lowest BCUT2D eigenvalue weighted by atomic mass is 10.00. The topological polar surface area (TPSA) is 38.4 Å². The van der Waals surface area contributed by atoms with E-state index in [-0.39, 0.29) is 5.82 Å². The Bertz CT molecular complexity index is 960. The molecule has 0 amide bonds. The number of benzene rings is 2. The number of nitrogens with one attached hydrogen (secondary N) is 1. The molecule has 0 aliphatic carbocycles. The second-order valence-electron chi connectivity index (χ2n) is 7.86. The monoisotopic (exact) mass is 379 g/mol. The van der Waals surface area contributed by atoms with Crippen LogP contribution >= 0.6 is 0 Å². The van der Waals surface area contributed by atoms with Gasteiger partial charge in [0.15, 0.2) is 5.82 Å². The zero-order valence-corrected chi connectivity index (χ0v) is 16.1. The van der Waals surface area contributed by atoms with E-state index in [2.05, 4.69) is 49.2 Å². The summed E-state index contributed by atoms with van der Waals surface area (Å²) in [6.45, 7) is 8.47. The molecule has 0 spiro atoms. The summed E-state index contributed by atoms with van der Waals surface area (Å²) in [5.41, 5.74) is 3.77. The zero-order chi connectivity index (χ0) is 18.9. The van der Waals surface area contributed by atoms with Crippen molar-refractivity contribution < 1.29 is 4.39 Å². The Hall–Kier alpha value is -2.44. The molecule has 1 N–H and O–H groups in total. The van der Waals surface area contributed by atoms with E-state index < -0.39 is 0 Å². The zero-order valence-electron chi connectivity index (χ0n) is 16.1. The lowest BCUT2D eigenvalue weighted by Crippen LogP contribution is -2.49. The highest BCUT2D eigenvalue weighted by Crippen LogP contribution is 2.25. The molecule has 1 saturated heterocycles. The molecule has 0 atom stereocenters. The van der Waals surface area contributed by atoms with Crippen LogP contribution in [0.25, 0.3) is 10.9 Å². The third kappa shape index (κ3) is 3.50. The van der Waals surface area contributed by atoms with E-state index in [1.54, 1.807) is 0 Å². The number of hydrogen-bond acceptors (Lipinski definition) is 4. The number of anilines is 1. The lowest BCUT2D eigenvalue weighted by molar-refractivity contribution is 0.186. The van der Waals surface area contributed by atoms with Gasteiger partial charge in [0.05, 0.1) is 5.52 Å². The number of piperazine rings is 1. The van der Waals surface area contributed by atoms with E-state index in [1.807, 2.05) is 6.07 Å². The number of halogens is 1. The van der Waals surface area contributed by atoms with E-state index >= 15 is 0 Å². The van der Waals surface area contributed by atoms with Gasteiger partial charge in [0.2, 0.25) is 0 Å². The number of fused-ring (bicyclic) bond motifs is 2. The average molecular weight is 379 g/mol. The van der Waals surface area contributed by atoms with Crippen LogP contribution in [0, 0.1) is 5.82 Å². The van der Waals surface area contributed by atoms with Gasteiger partial charge >= 0.3 is 0 Å². The molecular formula is C22H26FN5. The van der Waals surface area contributed by atoms with Crippen LogP contribution in [0.1, 0.15) is 11.1 Å². The molecule has 146 valence electrons. The first-order valence-electron chi connectivity index (χ1n) is 10.2. The van der Waals surface area contributed by atoms with Gasteiger partial charge in [-0.1, -0.05) is 24.3 Å². The van der Waals surface area contributed by atoms with Gasteiger partial charge < -0.3 is 4.90 Å². The highest BCUT2D eigenvalue weighted by atomic mass is 19.1. The maximum atomic E-state index is 13.4. The minimum Gasteiger partial charge on any atom is -0.352 e. The fraction of sp³-hybridized carbons (Fsp3) is 0.409. The van der Waals surface area contributed by atoms with Crippen LogP contribution in [-0.2, 0) is 13.0 Å². The third-order valence-corrected chi connectivity index (χ3v) is 6.12. The molecule has 2 aliphatic rings. The molecule has 0 radical (unpaired) electrons. The molecule has 5 nitrogen and oxygen atoms in total. The molecule has 1 fully saturated rings. The molecule has 2 aliphatic heterocycles. The molecule has 6 heteroatoms. The van der Waals surface area contributed by atoms with Crippen molar-refractivity contribution in [3.05, 3.63) is 59.4 Å². The van der Waals surface area contributed by atoms with Crippen molar-refractivity contribution in [1.82, 2.24) is 20.0 Å². The van der Waals surface area contributed by atoms with E-state index in [1.165, 1.54) is 23.3 Å². The number of H-pyrrole nitrogens is 1. The molecule has 0 unspecified atom stereocenters. The summed E-state index contributed by atoms with van der Waals surface area (Å²) < 4.78 is 13.4. The Morgan fingerprint density at radius 3 is 2.54 bits per heavy atom. The van der Waals surface area contributed by atoms with E-state index in [0.717, 1.165) is 75.5 Å². The summed E-state index contributed by atoms with van der Waals surface area (Å²) in [5, 5.41) is 8.40. The van der Waals surface area contributed by atoms with Gasteiger partial charge in [-0.15, -0.1) is 0 Å². The lowest BCUT2D eigenvalue weighted by Gasteiger charge is -2.36. The summed E-state index contributed by atoms with van der Waals surface area (Å²) in [6.07, 6.45) is 1.16. The molecule has 1 aromatic heterocycles. The number of aromatic amines is 1. The summed E-state index contributed by atoms with van der Waals surface area (Å²) in [4.78, 5) is 7.43. The maximum absolute atomic E-state index is 13.4. The highest BCUT2D eigenvalue weighted by Gasteiger charge is 2.22. The molecule has 0 saturated carbocycles. The quantitative estimate of drug-likeness (QED) is 0.757. The Labute approximate surface area is 164 Å². The summed E-state index contributed by atoms with van der Waals surface area (Å²) >= 11 is 0. The van der Waals surface area contributed by atoms with Gasteiger partial charge in [-0.2, -0.15) is 5.10 Å². The predicted molar refractivity (Wildman–Crippen MR) is 110 cm³/mol. The average Bonchev–Trinajstić information content (AvgIpc) is 3.15. The Morgan fingerprint density at radius 2 is 1.68 bits per heavy atom. The molecular weight excluding hydrogens is 353 g/mol. The highest BCUT2D eigenvalue weighted by molar-refractivity contribution is 5.90. The second-order valence-corrected chi connectivity index (χ2v) is 7.86. The van der Waals surface area contributed by atoms with Gasteiger partial charge in [0, 0.05) is 57.7 Å². The van der Waals surface area contributed by atoms with E-state index in [9.17, 15) is 4.39 Å². The van der Waals surface area contributed by atoms with Gasteiger partial charge in [-0.25, -0.2) is 4.39 Å². The van der Waals surface area contributed by atoms with Crippen LogP contribution in [0.5, 0.6) is 0 Å². The normalized spacial score (nSPS) is 18.5. The fourth-order valence-electron chi connectivity index (χ4n) is 4.43. The standard InChI is InChI=1S/C22H26FN5/c23-19-5-6-20-21(15-19)24-25-22(20)28-13-11-26(12-14-28)9-10-27-8-7-17-3-1-2-4-18(17)16-27/h1-6,15H,7-14,16H2,(H,24,25). The van der Waals surface area contributed by atoms with Crippen LogP contribution in [0.4, 0.5) is 10.2 Å². The van der Waals surface area contributed by atoms with Crippen LogP contribution in [-0.4, -0.2) is 65.8 Å². The minimum atomic E-state index is -0.229. The van der Waals surface area contributed by atoms with Crippen molar-refractivity contribution in [1.29, 1.82) is 0 Å². The third-order valence-electron chi connectivity index (χ3n) is 6.12. The number of nitrogens with zero attached hydrogens (tertiary/aromatic N) is 4. The van der Waals surface area contributed by atoms with Crippen molar-refractivity contribution in [2.75, 3.05) is 50.7 Å². The van der Waals surface area contributed by atoms with Gasteiger partial charge in [0.1, 0.15) is 5.82 Å². The van der Waals surface area contributed by atoms with Crippen molar-refractivity contribution in [2.24, 2.45) is 0 Å². The van der Waals surface area contributed by atoms with Crippen LogP contribution < -0.4 is 4.90 Å². The summed E-state index contributed by atoms with van der Waals surface area (Å²) in [7, 11) is 0. The molecule has 5 rings (SSSR count). The second kappa shape index (κ2) is 7.53. The first kappa shape index (κ1) is 17.6.